The van der Waals surface area contributed by atoms with Crippen molar-refractivity contribution in [1.29, 1.82) is 0 Å². The molecule has 0 spiro atoms. The zero-order valence-electron chi connectivity index (χ0n) is 21.6. The third kappa shape index (κ3) is 5.50. The highest BCUT2D eigenvalue weighted by Gasteiger charge is 2.16. The molecule has 0 atom stereocenters. The predicted molar refractivity (Wildman–Crippen MR) is 153 cm³/mol. The third-order valence-electron chi connectivity index (χ3n) is 6.63. The van der Waals surface area contributed by atoms with Gasteiger partial charge in [0.15, 0.2) is 5.76 Å². The minimum absolute atomic E-state index is 0.180. The number of hydrogen-bond donors (Lipinski definition) is 2. The Bertz CT molecular complexity index is 1620. The Hall–Kier alpha value is -5.15. The van der Waals surface area contributed by atoms with Crippen LogP contribution >= 0.6 is 0 Å². The van der Waals surface area contributed by atoms with Gasteiger partial charge in [-0.2, -0.15) is 5.10 Å². The Morgan fingerprint density at radius 3 is 2.35 bits per heavy atom. The Kier molecular flexibility index (Phi) is 7.11. The predicted octanol–water partition coefficient (Wildman–Crippen LogP) is 5.47. The van der Waals surface area contributed by atoms with Crippen LogP contribution in [0.2, 0.25) is 0 Å². The van der Waals surface area contributed by atoms with Gasteiger partial charge in [0, 0.05) is 41.7 Å². The number of furan rings is 1. The summed E-state index contributed by atoms with van der Waals surface area (Å²) in [6.07, 6.45) is 1.58. The number of aromatic nitrogens is 2. The molecule has 200 valence electrons. The van der Waals surface area contributed by atoms with Gasteiger partial charge in [0.25, 0.3) is 11.8 Å². The maximum Gasteiger partial charge on any atom is 0.292 e. The molecule has 6 rings (SSSR count). The molecule has 2 aromatic heterocycles. The molecule has 0 radical (unpaired) electrons. The molecule has 0 aliphatic carbocycles. The number of amides is 2. The quantitative estimate of drug-likeness (QED) is 0.288. The number of hydrogen-bond acceptors (Lipinski definition) is 6. The summed E-state index contributed by atoms with van der Waals surface area (Å²) in [4.78, 5) is 28.2. The second kappa shape index (κ2) is 11.3. The largest absolute Gasteiger partial charge is 0.451 e. The van der Waals surface area contributed by atoms with E-state index in [1.807, 2.05) is 60.7 Å². The van der Waals surface area contributed by atoms with Crippen LogP contribution in [0.1, 0.15) is 20.9 Å². The van der Waals surface area contributed by atoms with Crippen LogP contribution in [0, 0.1) is 0 Å². The molecule has 1 fully saturated rings. The fourth-order valence-corrected chi connectivity index (χ4v) is 4.56. The monoisotopic (exact) mass is 533 g/mol. The van der Waals surface area contributed by atoms with Gasteiger partial charge in [-0.05, 0) is 54.6 Å². The summed E-state index contributed by atoms with van der Waals surface area (Å²) >= 11 is 0. The molecule has 2 amide bonds. The minimum Gasteiger partial charge on any atom is -0.451 e. The van der Waals surface area contributed by atoms with Gasteiger partial charge >= 0.3 is 0 Å². The number of morpholine rings is 1. The Balaban J connectivity index is 1.14. The maximum atomic E-state index is 13.0. The number of nitrogens with zero attached hydrogens (tertiary/aromatic N) is 3. The molecular formula is C31H27N5O4. The van der Waals surface area contributed by atoms with Crippen molar-refractivity contribution in [3.8, 4) is 17.0 Å². The van der Waals surface area contributed by atoms with Gasteiger partial charge in [-0.3, -0.25) is 9.59 Å². The molecule has 1 aliphatic rings. The van der Waals surface area contributed by atoms with E-state index in [-0.39, 0.29) is 11.7 Å². The summed E-state index contributed by atoms with van der Waals surface area (Å²) < 4.78 is 12.8. The van der Waals surface area contributed by atoms with E-state index in [4.69, 9.17) is 9.15 Å². The summed E-state index contributed by atoms with van der Waals surface area (Å²) in [7, 11) is 0. The first-order valence-electron chi connectivity index (χ1n) is 13.0. The van der Waals surface area contributed by atoms with Gasteiger partial charge in [-0.25, -0.2) is 4.68 Å². The molecule has 5 aromatic rings. The van der Waals surface area contributed by atoms with Crippen molar-refractivity contribution in [2.24, 2.45) is 0 Å². The molecule has 2 N–H and O–H groups in total. The van der Waals surface area contributed by atoms with Gasteiger partial charge in [0.1, 0.15) is 11.6 Å². The lowest BCUT2D eigenvalue weighted by Gasteiger charge is -2.28. The zero-order chi connectivity index (χ0) is 27.3. The number of carbonyl (C=O) groups excluding carboxylic acids is 2. The highest BCUT2D eigenvalue weighted by atomic mass is 16.5. The topological polar surface area (TPSA) is 102 Å². The van der Waals surface area contributed by atoms with Crippen LogP contribution < -0.4 is 15.5 Å². The van der Waals surface area contributed by atoms with Gasteiger partial charge in [0.05, 0.1) is 25.1 Å². The van der Waals surface area contributed by atoms with Crippen LogP contribution in [0.3, 0.4) is 0 Å². The van der Waals surface area contributed by atoms with Gasteiger partial charge < -0.3 is 24.7 Å². The van der Waals surface area contributed by atoms with Crippen molar-refractivity contribution in [3.63, 3.8) is 0 Å². The van der Waals surface area contributed by atoms with E-state index in [0.29, 0.717) is 41.7 Å². The molecule has 3 heterocycles. The van der Waals surface area contributed by atoms with Crippen LogP contribution in [0.25, 0.3) is 17.0 Å². The summed E-state index contributed by atoms with van der Waals surface area (Å²) in [6, 6.07) is 29.5. The Labute approximate surface area is 231 Å². The van der Waals surface area contributed by atoms with Gasteiger partial charge in [0.2, 0.25) is 0 Å². The van der Waals surface area contributed by atoms with Crippen molar-refractivity contribution in [3.05, 3.63) is 115 Å². The van der Waals surface area contributed by atoms with E-state index in [9.17, 15) is 9.59 Å². The standard InChI is InChI=1S/C31H27N5O4/c37-30(33-24-9-11-25(12-10-24)35-17-19-39-20-18-35)23-7-4-8-26(21-23)36-29(15-16-32-36)34-31(38)28-14-13-27(40-28)22-5-2-1-3-6-22/h1-16,21H,17-20H2,(H,33,37)(H,34,38). The van der Waals surface area contributed by atoms with Crippen LogP contribution in [-0.4, -0.2) is 47.9 Å². The van der Waals surface area contributed by atoms with E-state index in [1.165, 1.54) is 0 Å². The molecule has 0 unspecified atom stereocenters. The van der Waals surface area contributed by atoms with Crippen molar-refractivity contribution in [2.45, 2.75) is 0 Å². The lowest BCUT2D eigenvalue weighted by molar-refractivity contribution is 0.0994. The highest BCUT2D eigenvalue weighted by molar-refractivity contribution is 6.05. The number of rotatable bonds is 7. The Morgan fingerprint density at radius 2 is 1.55 bits per heavy atom. The number of anilines is 3. The summed E-state index contributed by atoms with van der Waals surface area (Å²) in [6.45, 7) is 3.14. The fourth-order valence-electron chi connectivity index (χ4n) is 4.56. The van der Waals surface area contributed by atoms with Crippen LogP contribution in [-0.2, 0) is 4.74 Å². The highest BCUT2D eigenvalue weighted by Crippen LogP contribution is 2.24. The number of benzene rings is 3. The summed E-state index contributed by atoms with van der Waals surface area (Å²) in [5, 5.41) is 10.1. The van der Waals surface area contributed by atoms with Crippen molar-refractivity contribution >= 4 is 29.0 Å². The van der Waals surface area contributed by atoms with E-state index < -0.39 is 5.91 Å². The molecule has 1 saturated heterocycles. The third-order valence-corrected chi connectivity index (χ3v) is 6.63. The summed E-state index contributed by atoms with van der Waals surface area (Å²) in [5.74, 6) is 0.577. The molecule has 40 heavy (non-hydrogen) atoms. The van der Waals surface area contributed by atoms with Gasteiger partial charge in [-0.15, -0.1) is 0 Å². The normalized spacial score (nSPS) is 13.2. The first-order valence-corrected chi connectivity index (χ1v) is 13.0. The summed E-state index contributed by atoms with van der Waals surface area (Å²) in [5.41, 5.74) is 3.77. The van der Waals surface area contributed by atoms with E-state index in [2.05, 4.69) is 20.6 Å². The average Bonchev–Trinajstić information content (AvgIpc) is 3.69. The second-order valence-electron chi connectivity index (χ2n) is 9.26. The first-order chi connectivity index (χ1) is 19.6. The van der Waals surface area contributed by atoms with E-state index in [0.717, 1.165) is 24.3 Å². The zero-order valence-corrected chi connectivity index (χ0v) is 21.6. The number of nitrogens with one attached hydrogen (secondary N) is 2. The van der Waals surface area contributed by atoms with Crippen LogP contribution in [0.4, 0.5) is 17.2 Å². The van der Waals surface area contributed by atoms with Crippen LogP contribution in [0.5, 0.6) is 0 Å². The maximum absolute atomic E-state index is 13.0. The van der Waals surface area contributed by atoms with E-state index >= 15 is 0 Å². The number of carbonyl (C=O) groups is 2. The molecule has 9 heteroatoms. The molecular weight excluding hydrogens is 506 g/mol. The Morgan fingerprint density at radius 1 is 0.750 bits per heavy atom. The number of ether oxygens (including phenoxy) is 1. The molecule has 3 aromatic carbocycles. The SMILES string of the molecule is O=C(Nc1ccc(N2CCOCC2)cc1)c1cccc(-n2nccc2NC(=O)c2ccc(-c3ccccc3)o2)c1. The minimum atomic E-state index is -0.404. The first kappa shape index (κ1) is 25.1. The van der Waals surface area contributed by atoms with E-state index in [1.54, 1.807) is 47.3 Å². The second-order valence-corrected chi connectivity index (χ2v) is 9.26. The lowest BCUT2D eigenvalue weighted by Crippen LogP contribution is -2.36. The smallest absolute Gasteiger partial charge is 0.292 e. The van der Waals surface area contributed by atoms with Crippen molar-refractivity contribution in [1.82, 2.24) is 9.78 Å². The van der Waals surface area contributed by atoms with Crippen LogP contribution in [0.15, 0.2) is 108 Å². The molecule has 9 nitrogen and oxygen atoms in total. The van der Waals surface area contributed by atoms with Crippen molar-refractivity contribution < 1.29 is 18.7 Å². The molecule has 0 bridgehead atoms. The fraction of sp³-hybridized carbons (Fsp3) is 0.129. The average molecular weight is 534 g/mol. The van der Waals surface area contributed by atoms with Gasteiger partial charge in [-0.1, -0.05) is 36.4 Å². The lowest BCUT2D eigenvalue weighted by atomic mass is 10.1. The van der Waals surface area contributed by atoms with Crippen molar-refractivity contribution in [2.75, 3.05) is 41.8 Å². The molecule has 1 aliphatic heterocycles. The molecule has 0 saturated carbocycles.